The molecule has 1 N–H and O–H groups in total. The normalized spacial score (nSPS) is 11.6. The molecule has 0 saturated carbocycles. The van der Waals surface area contributed by atoms with E-state index in [0.29, 0.717) is 16.3 Å². The van der Waals surface area contributed by atoms with Crippen LogP contribution < -0.4 is 10.2 Å². The van der Waals surface area contributed by atoms with Gasteiger partial charge in [-0.25, -0.2) is 9.69 Å². The van der Waals surface area contributed by atoms with Crippen LogP contribution >= 0.6 is 23.2 Å². The summed E-state index contributed by atoms with van der Waals surface area (Å²) in [5.74, 6) is -0.496. The second-order valence-electron chi connectivity index (χ2n) is 6.65. The highest BCUT2D eigenvalue weighted by atomic mass is 35.5. The number of ether oxygens (including phenoxy) is 1. The summed E-state index contributed by atoms with van der Waals surface area (Å²) in [6, 6.07) is 9.07. The molecule has 1 aromatic heterocycles. The molecular weight excluding hydrogens is 456 g/mol. The van der Waals surface area contributed by atoms with Crippen LogP contribution in [0.1, 0.15) is 16.1 Å². The molecule has 0 atom stereocenters. The van der Waals surface area contributed by atoms with Gasteiger partial charge in [0.05, 0.1) is 23.4 Å². The smallest absolute Gasteiger partial charge is 0.416 e. The van der Waals surface area contributed by atoms with Crippen molar-refractivity contribution in [2.75, 3.05) is 21.2 Å². The number of nitrogens with zero attached hydrogens (tertiary/aromatic N) is 3. The van der Waals surface area contributed by atoms with Gasteiger partial charge in [0, 0.05) is 24.7 Å². The van der Waals surface area contributed by atoms with Crippen molar-refractivity contribution in [3.05, 3.63) is 63.8 Å². The van der Waals surface area contributed by atoms with Gasteiger partial charge in [0.25, 0.3) is 5.91 Å². The van der Waals surface area contributed by atoms with E-state index in [2.05, 4.69) is 10.5 Å². The van der Waals surface area contributed by atoms with Crippen LogP contribution in [0.15, 0.2) is 42.5 Å². The average molecular weight is 473 g/mol. The van der Waals surface area contributed by atoms with Gasteiger partial charge in [0.15, 0.2) is 11.4 Å². The SMILES string of the molecule is COc1c(C(=O)NN(C)C)nn(-c2ccc(Cl)cc2Cl)c1-c1ccc(C(F)(F)F)cc1. The molecular formula is C20H17Cl2F3N4O2. The highest BCUT2D eigenvalue weighted by Crippen LogP contribution is 2.39. The maximum atomic E-state index is 13.0. The highest BCUT2D eigenvalue weighted by molar-refractivity contribution is 6.35. The number of alkyl halides is 3. The van der Waals surface area contributed by atoms with E-state index in [0.717, 1.165) is 12.1 Å². The number of hydrazine groups is 1. The summed E-state index contributed by atoms with van der Waals surface area (Å²) < 4.78 is 45.8. The lowest BCUT2D eigenvalue weighted by atomic mass is 10.1. The van der Waals surface area contributed by atoms with Crippen molar-refractivity contribution in [2.24, 2.45) is 0 Å². The Morgan fingerprint density at radius 1 is 1.13 bits per heavy atom. The summed E-state index contributed by atoms with van der Waals surface area (Å²) in [5, 5.41) is 6.38. The molecule has 2 aromatic carbocycles. The zero-order chi connectivity index (χ0) is 22.9. The van der Waals surface area contributed by atoms with Crippen LogP contribution in [0, 0.1) is 0 Å². The Balaban J connectivity index is 2.26. The molecule has 0 aliphatic carbocycles. The highest BCUT2D eigenvalue weighted by Gasteiger charge is 2.31. The lowest BCUT2D eigenvalue weighted by Gasteiger charge is -2.12. The lowest BCUT2D eigenvalue weighted by molar-refractivity contribution is -0.137. The number of methoxy groups -OCH3 is 1. The second kappa shape index (κ2) is 8.78. The first-order valence-corrected chi connectivity index (χ1v) is 9.57. The van der Waals surface area contributed by atoms with E-state index in [1.807, 2.05) is 0 Å². The zero-order valence-electron chi connectivity index (χ0n) is 16.6. The topological polar surface area (TPSA) is 59.4 Å². The quantitative estimate of drug-likeness (QED) is 0.526. The third-order valence-corrected chi connectivity index (χ3v) is 4.75. The second-order valence-corrected chi connectivity index (χ2v) is 7.49. The van der Waals surface area contributed by atoms with Gasteiger partial charge in [-0.15, -0.1) is 0 Å². The van der Waals surface area contributed by atoms with Crippen LogP contribution in [0.25, 0.3) is 16.9 Å². The number of halogens is 5. The first-order valence-electron chi connectivity index (χ1n) is 8.81. The van der Waals surface area contributed by atoms with Gasteiger partial charge < -0.3 is 4.74 Å². The molecule has 6 nitrogen and oxygen atoms in total. The number of carbonyl (C=O) groups excluding carboxylic acids is 1. The summed E-state index contributed by atoms with van der Waals surface area (Å²) in [4.78, 5) is 12.7. The minimum Gasteiger partial charge on any atom is -0.492 e. The minimum atomic E-state index is -4.49. The molecule has 31 heavy (non-hydrogen) atoms. The van der Waals surface area contributed by atoms with Gasteiger partial charge in [-0.3, -0.25) is 10.2 Å². The van der Waals surface area contributed by atoms with Crippen LogP contribution in [-0.2, 0) is 6.18 Å². The third-order valence-electron chi connectivity index (χ3n) is 4.21. The van der Waals surface area contributed by atoms with E-state index in [4.69, 9.17) is 27.9 Å². The predicted molar refractivity (Wildman–Crippen MR) is 112 cm³/mol. The summed E-state index contributed by atoms with van der Waals surface area (Å²) in [5.41, 5.74) is 2.64. The first-order chi connectivity index (χ1) is 14.5. The molecule has 0 spiro atoms. The fourth-order valence-electron chi connectivity index (χ4n) is 2.90. The Morgan fingerprint density at radius 3 is 2.29 bits per heavy atom. The Bertz CT molecular complexity index is 1110. The zero-order valence-corrected chi connectivity index (χ0v) is 18.1. The van der Waals surface area contributed by atoms with E-state index < -0.39 is 17.6 Å². The number of hydrogen-bond donors (Lipinski definition) is 1. The maximum absolute atomic E-state index is 13.0. The molecule has 11 heteroatoms. The maximum Gasteiger partial charge on any atom is 0.416 e. The molecule has 3 rings (SSSR count). The monoisotopic (exact) mass is 472 g/mol. The van der Waals surface area contributed by atoms with E-state index in [1.165, 1.54) is 35.0 Å². The molecule has 0 radical (unpaired) electrons. The van der Waals surface area contributed by atoms with Gasteiger partial charge in [0.1, 0.15) is 5.69 Å². The number of hydrogen-bond acceptors (Lipinski definition) is 4. The number of rotatable bonds is 5. The Hall–Kier alpha value is -2.75. The van der Waals surface area contributed by atoms with Crippen molar-refractivity contribution >= 4 is 29.1 Å². The average Bonchev–Trinajstić information content (AvgIpc) is 3.06. The van der Waals surface area contributed by atoms with Gasteiger partial charge >= 0.3 is 6.18 Å². The number of carbonyl (C=O) groups is 1. The number of benzene rings is 2. The van der Waals surface area contributed by atoms with E-state index in [1.54, 1.807) is 26.2 Å². The van der Waals surface area contributed by atoms with E-state index >= 15 is 0 Å². The van der Waals surface area contributed by atoms with Crippen LogP contribution in [0.2, 0.25) is 10.0 Å². The van der Waals surface area contributed by atoms with Gasteiger partial charge in [-0.2, -0.15) is 18.3 Å². The van der Waals surface area contributed by atoms with Crippen molar-refractivity contribution in [1.82, 2.24) is 20.2 Å². The van der Waals surface area contributed by atoms with Gasteiger partial charge in [-0.1, -0.05) is 35.3 Å². The summed E-state index contributed by atoms with van der Waals surface area (Å²) >= 11 is 12.3. The first kappa shape index (κ1) is 22.9. The predicted octanol–water partition coefficient (Wildman–Crippen LogP) is 5.08. The lowest BCUT2D eigenvalue weighted by Crippen LogP contribution is -2.36. The van der Waals surface area contributed by atoms with Crippen LogP contribution in [-0.4, -0.2) is 41.9 Å². The summed E-state index contributed by atoms with van der Waals surface area (Å²) in [6.45, 7) is 0. The summed E-state index contributed by atoms with van der Waals surface area (Å²) in [7, 11) is 4.58. The number of aromatic nitrogens is 2. The molecule has 164 valence electrons. The molecule has 0 aliphatic heterocycles. The molecule has 0 fully saturated rings. The van der Waals surface area contributed by atoms with Crippen molar-refractivity contribution < 1.29 is 22.7 Å². The standard InChI is InChI=1S/C20H17Cl2F3N4O2/c1-28(2)27-19(30)16-18(31-3)17(11-4-6-12(7-5-11)20(23,24)25)29(26-16)15-9-8-13(21)10-14(15)22/h4-10H,1-3H3,(H,27,30). The molecule has 3 aromatic rings. The van der Waals surface area contributed by atoms with Crippen molar-refractivity contribution in [3.8, 4) is 22.7 Å². The van der Waals surface area contributed by atoms with Crippen LogP contribution in [0.5, 0.6) is 5.75 Å². The molecule has 1 amide bonds. The van der Waals surface area contributed by atoms with E-state index in [-0.39, 0.29) is 22.2 Å². The van der Waals surface area contributed by atoms with Gasteiger partial charge in [0.2, 0.25) is 0 Å². The van der Waals surface area contributed by atoms with Crippen molar-refractivity contribution in [3.63, 3.8) is 0 Å². The van der Waals surface area contributed by atoms with Crippen LogP contribution in [0.3, 0.4) is 0 Å². The number of nitrogens with one attached hydrogen (secondary N) is 1. The van der Waals surface area contributed by atoms with Crippen molar-refractivity contribution in [2.45, 2.75) is 6.18 Å². The summed E-state index contributed by atoms with van der Waals surface area (Å²) in [6.07, 6.45) is -4.49. The molecule has 0 bridgehead atoms. The largest absolute Gasteiger partial charge is 0.492 e. The Morgan fingerprint density at radius 2 is 1.77 bits per heavy atom. The van der Waals surface area contributed by atoms with Crippen LogP contribution in [0.4, 0.5) is 13.2 Å². The fraction of sp³-hybridized carbons (Fsp3) is 0.200. The molecule has 0 unspecified atom stereocenters. The Kier molecular flexibility index (Phi) is 6.49. The fourth-order valence-corrected chi connectivity index (χ4v) is 3.39. The molecule has 0 aliphatic rings. The van der Waals surface area contributed by atoms with Gasteiger partial charge in [-0.05, 0) is 30.3 Å². The minimum absolute atomic E-state index is 0.0721. The Labute approximate surface area is 186 Å². The van der Waals surface area contributed by atoms with Crippen molar-refractivity contribution in [1.29, 1.82) is 0 Å². The number of amides is 1. The third kappa shape index (κ3) is 4.79. The van der Waals surface area contributed by atoms with E-state index in [9.17, 15) is 18.0 Å². The molecule has 1 heterocycles. The molecule has 0 saturated heterocycles.